The molecular weight excluding hydrogens is 374 g/mol. The molecule has 3 nitrogen and oxygen atoms in total. The molecule has 0 spiro atoms. The van der Waals surface area contributed by atoms with Gasteiger partial charge in [-0.1, -0.05) is 24.3 Å². The van der Waals surface area contributed by atoms with E-state index in [-0.39, 0.29) is 5.91 Å². The van der Waals surface area contributed by atoms with E-state index in [4.69, 9.17) is 4.74 Å². The van der Waals surface area contributed by atoms with Gasteiger partial charge in [0.25, 0.3) is 5.91 Å². The van der Waals surface area contributed by atoms with E-state index in [1.54, 1.807) is 0 Å². The third-order valence-electron chi connectivity index (χ3n) is 3.67. The number of nitrogens with one attached hydrogen (secondary N) is 1. The summed E-state index contributed by atoms with van der Waals surface area (Å²) in [5.41, 5.74) is 2.88. The average Bonchev–Trinajstić information content (AvgIpc) is 3.02. The van der Waals surface area contributed by atoms with Crippen molar-refractivity contribution in [3.05, 3.63) is 69.5 Å². The highest BCUT2D eigenvalue weighted by Crippen LogP contribution is 2.42. The van der Waals surface area contributed by atoms with Crippen LogP contribution >= 0.6 is 27.3 Å². The monoisotopic (exact) mass is 385 g/mol. The van der Waals surface area contributed by atoms with Crippen molar-refractivity contribution < 1.29 is 9.53 Å². The molecule has 3 aromatic rings. The summed E-state index contributed by atoms with van der Waals surface area (Å²) in [6, 6.07) is 17.4. The third-order valence-corrected chi connectivity index (χ3v) is 5.57. The summed E-state index contributed by atoms with van der Waals surface area (Å²) in [6.45, 7) is 0.505. The number of carbonyl (C=O) groups is 1. The third kappa shape index (κ3) is 2.66. The minimum Gasteiger partial charge on any atom is -0.488 e. The molecule has 2 aromatic carbocycles. The molecule has 4 rings (SSSR count). The lowest BCUT2D eigenvalue weighted by atomic mass is 10.1. The highest BCUT2D eigenvalue weighted by atomic mass is 79.9. The lowest BCUT2D eigenvalue weighted by molar-refractivity contribution is 0.103. The Morgan fingerprint density at radius 1 is 1.13 bits per heavy atom. The van der Waals surface area contributed by atoms with Gasteiger partial charge in [-0.15, -0.1) is 11.3 Å². The topological polar surface area (TPSA) is 38.3 Å². The largest absolute Gasteiger partial charge is 0.488 e. The number of benzene rings is 2. The van der Waals surface area contributed by atoms with Crippen molar-refractivity contribution in [3.8, 4) is 16.2 Å². The molecule has 0 fully saturated rings. The Hall–Kier alpha value is -2.11. The lowest BCUT2D eigenvalue weighted by Crippen LogP contribution is -2.10. The maximum Gasteiger partial charge on any atom is 0.265 e. The van der Waals surface area contributed by atoms with Crippen LogP contribution in [-0.4, -0.2) is 5.91 Å². The van der Waals surface area contributed by atoms with Crippen molar-refractivity contribution in [2.24, 2.45) is 0 Å². The fourth-order valence-electron chi connectivity index (χ4n) is 2.56. The van der Waals surface area contributed by atoms with Crippen LogP contribution in [0.15, 0.2) is 59.1 Å². The minimum absolute atomic E-state index is 0.103. The van der Waals surface area contributed by atoms with Crippen LogP contribution < -0.4 is 10.1 Å². The molecular formula is C18H12BrNO2S. The van der Waals surface area contributed by atoms with Crippen LogP contribution in [0.3, 0.4) is 0 Å². The van der Waals surface area contributed by atoms with Gasteiger partial charge in [-0.25, -0.2) is 0 Å². The second-order valence-corrected chi connectivity index (χ2v) is 7.09. The van der Waals surface area contributed by atoms with Gasteiger partial charge in [-0.2, -0.15) is 0 Å². The molecule has 1 aromatic heterocycles. The fraction of sp³-hybridized carbons (Fsp3) is 0.0556. The number of halogens is 1. The van der Waals surface area contributed by atoms with Crippen LogP contribution in [0.4, 0.5) is 5.69 Å². The van der Waals surface area contributed by atoms with Crippen molar-refractivity contribution in [3.63, 3.8) is 0 Å². The number of amides is 1. The molecule has 0 aliphatic carbocycles. The number of hydrogen-bond donors (Lipinski definition) is 1. The first kappa shape index (κ1) is 14.5. The number of anilines is 1. The summed E-state index contributed by atoms with van der Waals surface area (Å²) in [5, 5.41) is 2.94. The summed E-state index contributed by atoms with van der Waals surface area (Å²) in [7, 11) is 0. The Morgan fingerprint density at radius 3 is 2.78 bits per heavy atom. The van der Waals surface area contributed by atoms with E-state index < -0.39 is 0 Å². The van der Waals surface area contributed by atoms with E-state index in [0.717, 1.165) is 31.9 Å². The van der Waals surface area contributed by atoms with Gasteiger partial charge >= 0.3 is 0 Å². The molecule has 1 N–H and O–H groups in total. The second-order valence-electron chi connectivity index (χ2n) is 5.18. The van der Waals surface area contributed by atoms with Crippen LogP contribution in [0.2, 0.25) is 0 Å². The zero-order valence-corrected chi connectivity index (χ0v) is 14.4. The van der Waals surface area contributed by atoms with Crippen LogP contribution in [0, 0.1) is 0 Å². The van der Waals surface area contributed by atoms with Crippen molar-refractivity contribution in [1.29, 1.82) is 0 Å². The summed E-state index contributed by atoms with van der Waals surface area (Å²) >= 11 is 4.95. The molecule has 1 amide bonds. The van der Waals surface area contributed by atoms with Crippen LogP contribution in [0.25, 0.3) is 10.4 Å². The number of para-hydroxylation sites is 2. The number of fused-ring (bicyclic) bond motifs is 3. The molecule has 0 saturated heterocycles. The number of rotatable bonds is 2. The standard InChI is InChI=1S/C18H12BrNO2S/c19-13-6-2-3-7-14(13)20-18(21)16-9-11-10-22-15-8-4-1-5-12(15)17(11)23-16/h1-9H,10H2,(H,20,21). The molecule has 0 saturated carbocycles. The van der Waals surface area contributed by atoms with Crippen LogP contribution in [0.1, 0.15) is 15.2 Å². The Kier molecular flexibility index (Phi) is 3.67. The fourth-order valence-corrected chi connectivity index (χ4v) is 4.03. The maximum atomic E-state index is 12.5. The van der Waals surface area contributed by atoms with Gasteiger partial charge in [0.1, 0.15) is 12.4 Å². The molecule has 114 valence electrons. The number of hydrogen-bond acceptors (Lipinski definition) is 3. The first-order chi connectivity index (χ1) is 11.2. The Labute approximate surface area is 146 Å². The zero-order valence-electron chi connectivity index (χ0n) is 12.0. The zero-order chi connectivity index (χ0) is 15.8. The Bertz CT molecular complexity index is 904. The number of ether oxygens (including phenoxy) is 1. The molecule has 2 heterocycles. The van der Waals surface area contributed by atoms with Crippen molar-refractivity contribution in [2.45, 2.75) is 6.61 Å². The van der Waals surface area contributed by atoms with E-state index in [9.17, 15) is 4.79 Å². The van der Waals surface area contributed by atoms with Crippen molar-refractivity contribution in [1.82, 2.24) is 0 Å². The molecule has 0 atom stereocenters. The van der Waals surface area contributed by atoms with Crippen molar-refractivity contribution in [2.75, 3.05) is 5.32 Å². The first-order valence-corrected chi connectivity index (χ1v) is 8.74. The van der Waals surface area contributed by atoms with Gasteiger partial charge < -0.3 is 10.1 Å². The van der Waals surface area contributed by atoms with Gasteiger partial charge in [0.15, 0.2) is 0 Å². The highest BCUT2D eigenvalue weighted by molar-refractivity contribution is 9.10. The lowest BCUT2D eigenvalue weighted by Gasteiger charge is -2.16. The van der Waals surface area contributed by atoms with E-state index in [0.29, 0.717) is 11.5 Å². The predicted molar refractivity (Wildman–Crippen MR) is 96.2 cm³/mol. The van der Waals surface area contributed by atoms with Gasteiger partial charge in [0, 0.05) is 20.5 Å². The molecule has 1 aliphatic rings. The SMILES string of the molecule is O=C(Nc1ccccc1Br)c1cc2c(s1)-c1ccccc1OC2. The molecule has 0 radical (unpaired) electrons. The molecule has 0 bridgehead atoms. The summed E-state index contributed by atoms with van der Waals surface area (Å²) in [6.07, 6.45) is 0. The molecule has 1 aliphatic heterocycles. The summed E-state index contributed by atoms with van der Waals surface area (Å²) < 4.78 is 6.61. The first-order valence-electron chi connectivity index (χ1n) is 7.13. The minimum atomic E-state index is -0.103. The highest BCUT2D eigenvalue weighted by Gasteiger charge is 2.22. The van der Waals surface area contributed by atoms with Crippen LogP contribution in [0.5, 0.6) is 5.75 Å². The van der Waals surface area contributed by atoms with E-state index >= 15 is 0 Å². The Morgan fingerprint density at radius 2 is 1.91 bits per heavy atom. The molecule has 5 heteroatoms. The van der Waals surface area contributed by atoms with Gasteiger partial charge in [-0.3, -0.25) is 4.79 Å². The number of thiophene rings is 1. The van der Waals surface area contributed by atoms with Crippen molar-refractivity contribution >= 4 is 38.9 Å². The van der Waals surface area contributed by atoms with E-state index in [2.05, 4.69) is 21.2 Å². The maximum absolute atomic E-state index is 12.5. The summed E-state index contributed by atoms with van der Waals surface area (Å²) in [5.74, 6) is 0.772. The number of carbonyl (C=O) groups excluding carboxylic acids is 1. The van der Waals surface area contributed by atoms with Gasteiger partial charge in [0.2, 0.25) is 0 Å². The van der Waals surface area contributed by atoms with E-state index in [1.165, 1.54) is 11.3 Å². The van der Waals surface area contributed by atoms with Crippen LogP contribution in [-0.2, 0) is 6.61 Å². The average molecular weight is 386 g/mol. The molecule has 23 heavy (non-hydrogen) atoms. The summed E-state index contributed by atoms with van der Waals surface area (Å²) in [4.78, 5) is 14.3. The molecule has 0 unspecified atom stereocenters. The smallest absolute Gasteiger partial charge is 0.265 e. The quantitative estimate of drug-likeness (QED) is 0.647. The predicted octanol–water partition coefficient (Wildman–Crippen LogP) is 5.32. The Balaban J connectivity index is 1.66. The second kappa shape index (κ2) is 5.83. The van der Waals surface area contributed by atoms with E-state index in [1.807, 2.05) is 54.6 Å². The normalized spacial score (nSPS) is 12.0. The van der Waals surface area contributed by atoms with Gasteiger partial charge in [-0.05, 0) is 46.3 Å². The van der Waals surface area contributed by atoms with Gasteiger partial charge in [0.05, 0.1) is 10.6 Å².